The lowest BCUT2D eigenvalue weighted by Gasteiger charge is -2.01. The van der Waals surface area contributed by atoms with Gasteiger partial charge in [0.2, 0.25) is 0 Å². The normalized spacial score (nSPS) is 11.3. The lowest BCUT2D eigenvalue weighted by atomic mass is 10.2. The highest BCUT2D eigenvalue weighted by Crippen LogP contribution is 2.26. The van der Waals surface area contributed by atoms with Gasteiger partial charge in [0.1, 0.15) is 22.4 Å². The van der Waals surface area contributed by atoms with Gasteiger partial charge >= 0.3 is 0 Å². The second-order valence-electron chi connectivity index (χ2n) is 3.14. The summed E-state index contributed by atoms with van der Waals surface area (Å²) in [7, 11) is 0. The topological polar surface area (TPSA) is 54.5 Å². The third kappa shape index (κ3) is 1.20. The molecular weight excluding hydrogens is 208 g/mol. The predicted molar refractivity (Wildman–Crippen MR) is 61.0 cm³/mol. The smallest absolute Gasteiger partial charge is 0.117 e. The summed E-state index contributed by atoms with van der Waals surface area (Å²) >= 11 is 1.62. The number of fused-ring (bicyclic) bond motifs is 3. The van der Waals surface area contributed by atoms with E-state index in [2.05, 4.69) is 19.9 Å². The predicted octanol–water partition coefficient (Wildman–Crippen LogP) is 2.23. The SMILES string of the molecule is CSc1ncnc2c1ccc1[nH]cnc12. The lowest BCUT2D eigenvalue weighted by Crippen LogP contribution is -1.87. The Hall–Kier alpha value is -1.62. The molecule has 4 nitrogen and oxygen atoms in total. The van der Waals surface area contributed by atoms with E-state index in [1.165, 1.54) is 0 Å². The van der Waals surface area contributed by atoms with Crippen LogP contribution in [0.25, 0.3) is 21.9 Å². The molecule has 3 aromatic rings. The maximum absolute atomic E-state index is 4.28. The van der Waals surface area contributed by atoms with Crippen molar-refractivity contribution in [1.29, 1.82) is 0 Å². The van der Waals surface area contributed by atoms with Crippen LogP contribution in [-0.4, -0.2) is 26.2 Å². The average Bonchev–Trinajstić information content (AvgIpc) is 2.76. The fraction of sp³-hybridized carbons (Fsp3) is 0.100. The first-order chi connectivity index (χ1) is 7.40. The van der Waals surface area contributed by atoms with Gasteiger partial charge in [-0.3, -0.25) is 0 Å². The summed E-state index contributed by atoms with van der Waals surface area (Å²) in [5, 5.41) is 2.05. The minimum Gasteiger partial charge on any atom is -0.345 e. The summed E-state index contributed by atoms with van der Waals surface area (Å²) in [4.78, 5) is 15.9. The molecule has 0 atom stereocenters. The molecule has 0 amide bonds. The maximum Gasteiger partial charge on any atom is 0.117 e. The molecule has 1 N–H and O–H groups in total. The summed E-state index contributed by atoms with van der Waals surface area (Å²) in [6.07, 6.45) is 5.28. The van der Waals surface area contributed by atoms with Crippen molar-refractivity contribution in [2.75, 3.05) is 6.26 Å². The van der Waals surface area contributed by atoms with Crippen LogP contribution >= 0.6 is 11.8 Å². The zero-order chi connectivity index (χ0) is 10.3. The number of benzene rings is 1. The molecule has 0 fully saturated rings. The Morgan fingerprint density at radius 1 is 1.13 bits per heavy atom. The van der Waals surface area contributed by atoms with Crippen molar-refractivity contribution in [1.82, 2.24) is 19.9 Å². The molecule has 0 aliphatic rings. The Bertz CT molecular complexity index is 631. The van der Waals surface area contributed by atoms with Gasteiger partial charge in [0, 0.05) is 5.39 Å². The van der Waals surface area contributed by atoms with E-state index in [0.717, 1.165) is 27.0 Å². The molecule has 0 aliphatic carbocycles. The molecule has 0 spiro atoms. The fourth-order valence-corrected chi connectivity index (χ4v) is 2.20. The molecule has 0 saturated heterocycles. The summed E-state index contributed by atoms with van der Waals surface area (Å²) in [5.74, 6) is 0. The van der Waals surface area contributed by atoms with Crippen LogP contribution in [0, 0.1) is 0 Å². The van der Waals surface area contributed by atoms with Gasteiger partial charge in [0.25, 0.3) is 0 Å². The lowest BCUT2D eigenvalue weighted by molar-refractivity contribution is 1.11. The third-order valence-electron chi connectivity index (χ3n) is 2.35. The van der Waals surface area contributed by atoms with Crippen LogP contribution in [0.1, 0.15) is 0 Å². The van der Waals surface area contributed by atoms with Crippen molar-refractivity contribution in [3.63, 3.8) is 0 Å². The summed E-state index contributed by atoms with van der Waals surface area (Å²) in [5.41, 5.74) is 2.83. The van der Waals surface area contributed by atoms with Gasteiger partial charge in [0.15, 0.2) is 0 Å². The van der Waals surface area contributed by atoms with Crippen molar-refractivity contribution >= 4 is 33.7 Å². The quantitative estimate of drug-likeness (QED) is 0.500. The summed E-state index contributed by atoms with van der Waals surface area (Å²) in [6, 6.07) is 4.04. The van der Waals surface area contributed by atoms with Crippen molar-refractivity contribution in [3.8, 4) is 0 Å². The Labute approximate surface area is 90.2 Å². The molecule has 2 heterocycles. The van der Waals surface area contributed by atoms with Gasteiger partial charge in [-0.05, 0) is 18.4 Å². The highest BCUT2D eigenvalue weighted by molar-refractivity contribution is 7.98. The van der Waals surface area contributed by atoms with Crippen molar-refractivity contribution in [2.45, 2.75) is 5.03 Å². The van der Waals surface area contributed by atoms with Crippen molar-refractivity contribution in [2.24, 2.45) is 0 Å². The van der Waals surface area contributed by atoms with E-state index in [1.807, 2.05) is 18.4 Å². The first kappa shape index (κ1) is 8.67. The van der Waals surface area contributed by atoms with E-state index < -0.39 is 0 Å². The number of aromatic amines is 1. The van der Waals surface area contributed by atoms with E-state index in [9.17, 15) is 0 Å². The molecule has 2 aromatic heterocycles. The van der Waals surface area contributed by atoms with Gasteiger partial charge in [-0.15, -0.1) is 11.8 Å². The standard InChI is InChI=1S/C10H8N4S/c1-15-10-6-2-3-7-9(13-4-11-7)8(6)12-5-14-10/h2-5H,1H3,(H,11,13). The largest absolute Gasteiger partial charge is 0.345 e. The van der Waals surface area contributed by atoms with Crippen LogP contribution in [-0.2, 0) is 0 Å². The number of rotatable bonds is 1. The number of imidazole rings is 1. The first-order valence-electron chi connectivity index (χ1n) is 4.51. The van der Waals surface area contributed by atoms with Crippen molar-refractivity contribution < 1.29 is 0 Å². The Kier molecular flexibility index (Phi) is 1.85. The van der Waals surface area contributed by atoms with Crippen LogP contribution < -0.4 is 0 Å². The second kappa shape index (κ2) is 3.20. The number of nitrogens with one attached hydrogen (secondary N) is 1. The number of nitrogens with zero attached hydrogens (tertiary/aromatic N) is 3. The Morgan fingerprint density at radius 2 is 2.07 bits per heavy atom. The molecule has 0 aliphatic heterocycles. The zero-order valence-electron chi connectivity index (χ0n) is 8.06. The van der Waals surface area contributed by atoms with Crippen LogP contribution in [0.3, 0.4) is 0 Å². The minimum atomic E-state index is 0.908. The van der Waals surface area contributed by atoms with E-state index in [-0.39, 0.29) is 0 Å². The fourth-order valence-electron chi connectivity index (χ4n) is 1.67. The van der Waals surface area contributed by atoms with Gasteiger partial charge in [0.05, 0.1) is 11.8 Å². The van der Waals surface area contributed by atoms with Gasteiger partial charge < -0.3 is 4.98 Å². The second-order valence-corrected chi connectivity index (χ2v) is 3.94. The van der Waals surface area contributed by atoms with E-state index >= 15 is 0 Å². The summed E-state index contributed by atoms with van der Waals surface area (Å²) < 4.78 is 0. The van der Waals surface area contributed by atoms with E-state index in [0.29, 0.717) is 0 Å². The van der Waals surface area contributed by atoms with Gasteiger partial charge in [-0.25, -0.2) is 15.0 Å². The first-order valence-corrected chi connectivity index (χ1v) is 5.73. The number of hydrogen-bond donors (Lipinski definition) is 1. The van der Waals surface area contributed by atoms with E-state index in [4.69, 9.17) is 0 Å². The Morgan fingerprint density at radius 3 is 2.93 bits per heavy atom. The van der Waals surface area contributed by atoms with E-state index in [1.54, 1.807) is 24.4 Å². The molecular formula is C10H8N4S. The molecule has 0 radical (unpaired) electrons. The number of hydrogen-bond acceptors (Lipinski definition) is 4. The van der Waals surface area contributed by atoms with Gasteiger partial charge in [-0.2, -0.15) is 0 Å². The number of aromatic nitrogens is 4. The molecule has 1 aromatic carbocycles. The third-order valence-corrected chi connectivity index (χ3v) is 3.06. The number of thioether (sulfide) groups is 1. The average molecular weight is 216 g/mol. The van der Waals surface area contributed by atoms with Crippen LogP contribution in [0.2, 0.25) is 0 Å². The highest BCUT2D eigenvalue weighted by atomic mass is 32.2. The van der Waals surface area contributed by atoms with Crippen LogP contribution in [0.15, 0.2) is 29.8 Å². The molecule has 74 valence electrons. The number of H-pyrrole nitrogens is 1. The molecule has 3 rings (SSSR count). The molecule has 5 heteroatoms. The van der Waals surface area contributed by atoms with Crippen molar-refractivity contribution in [3.05, 3.63) is 24.8 Å². The molecule has 15 heavy (non-hydrogen) atoms. The maximum atomic E-state index is 4.28. The molecule has 0 unspecified atom stereocenters. The Balaban J connectivity index is 2.53. The summed E-state index contributed by atoms with van der Waals surface area (Å²) in [6.45, 7) is 0. The monoisotopic (exact) mass is 216 g/mol. The van der Waals surface area contributed by atoms with Gasteiger partial charge in [-0.1, -0.05) is 0 Å². The minimum absolute atomic E-state index is 0.908. The van der Waals surface area contributed by atoms with Crippen LogP contribution in [0.5, 0.6) is 0 Å². The molecule has 0 saturated carbocycles. The zero-order valence-corrected chi connectivity index (χ0v) is 8.88. The van der Waals surface area contributed by atoms with Crippen LogP contribution in [0.4, 0.5) is 0 Å². The highest BCUT2D eigenvalue weighted by Gasteiger charge is 2.07. The molecule has 0 bridgehead atoms.